The Kier molecular flexibility index (Phi) is 18.0. The number of nitriles is 1. The quantitative estimate of drug-likeness (QED) is 0.0539. The number of hydrogen-bond donors (Lipinski definition) is 1. The normalized spacial score (nSPS) is 18.1. The molecule has 3 aromatic carbocycles. The Hall–Kier alpha value is -4.95. The molecule has 63 heavy (non-hydrogen) atoms. The highest BCUT2D eigenvalue weighted by atomic mass is 31.2. The van der Waals surface area contributed by atoms with Crippen molar-refractivity contribution in [1.29, 1.82) is 5.26 Å². The van der Waals surface area contributed by atoms with Crippen molar-refractivity contribution in [1.82, 2.24) is 19.1 Å². The molecule has 5 rings (SSSR count). The van der Waals surface area contributed by atoms with Crippen LogP contribution >= 0.6 is 8.53 Å². The van der Waals surface area contributed by atoms with Crippen molar-refractivity contribution in [3.05, 3.63) is 128 Å². The van der Waals surface area contributed by atoms with Gasteiger partial charge in [0, 0.05) is 39.5 Å². The zero-order chi connectivity index (χ0) is 45.7. The van der Waals surface area contributed by atoms with Crippen LogP contribution in [0.15, 0.2) is 94.6 Å². The van der Waals surface area contributed by atoms with Gasteiger partial charge in [0.05, 0.1) is 58.7 Å². The number of H-pyrrole nitrogens is 1. The Morgan fingerprint density at radius 2 is 1.44 bits per heavy atom. The first kappa shape index (κ1) is 49.1. The van der Waals surface area contributed by atoms with E-state index < -0.39 is 49.8 Å². The molecule has 4 aromatic rings. The van der Waals surface area contributed by atoms with E-state index in [0.717, 1.165) is 21.3 Å². The van der Waals surface area contributed by atoms with E-state index in [0.29, 0.717) is 11.5 Å². The van der Waals surface area contributed by atoms with Gasteiger partial charge in [-0.15, -0.1) is 0 Å². The van der Waals surface area contributed by atoms with Crippen LogP contribution in [0.5, 0.6) is 11.5 Å². The number of carbonyl (C=O) groups is 1. The minimum atomic E-state index is -1.89. The average molecular weight is 890 g/mol. The number of rotatable bonds is 23. The summed E-state index contributed by atoms with van der Waals surface area (Å²) in [5, 5.41) is 9.49. The van der Waals surface area contributed by atoms with Crippen molar-refractivity contribution in [2.45, 2.75) is 82.8 Å². The van der Waals surface area contributed by atoms with Gasteiger partial charge in [0.2, 0.25) is 5.91 Å². The molecule has 1 aliphatic rings. The second kappa shape index (κ2) is 23.1. The third kappa shape index (κ3) is 11.8. The lowest BCUT2D eigenvalue weighted by Crippen LogP contribution is -2.43. The molecule has 0 radical (unpaired) electrons. The number of carbonyl (C=O) groups excluding carboxylic acids is 1. The van der Waals surface area contributed by atoms with Crippen molar-refractivity contribution in [3.63, 3.8) is 0 Å². The molecule has 0 saturated carbocycles. The number of likely N-dealkylation sites (N-methyl/N-ethyl adjacent to an activating group) is 1. The largest absolute Gasteiger partial charge is 0.497 e. The first-order valence-electron chi connectivity index (χ1n) is 20.8. The summed E-state index contributed by atoms with van der Waals surface area (Å²) in [6.45, 7) is 8.06. The molecule has 5 atom stereocenters. The molecule has 0 spiro atoms. The predicted molar refractivity (Wildman–Crippen MR) is 238 cm³/mol. The van der Waals surface area contributed by atoms with E-state index in [4.69, 9.17) is 37.5 Å². The summed E-state index contributed by atoms with van der Waals surface area (Å²) in [6, 6.07) is 27.1. The molecular weight excluding hydrogens is 830 g/mol. The number of nitrogens with one attached hydrogen (secondary N) is 1. The number of aromatic nitrogens is 2. The Labute approximate surface area is 370 Å². The number of methoxy groups -OCH3 is 3. The minimum absolute atomic E-state index is 0.0404. The van der Waals surface area contributed by atoms with Crippen LogP contribution in [0.4, 0.5) is 0 Å². The van der Waals surface area contributed by atoms with Crippen molar-refractivity contribution in [2.24, 2.45) is 0 Å². The first-order chi connectivity index (χ1) is 30.3. The molecule has 0 bridgehead atoms. The molecule has 2 heterocycles. The van der Waals surface area contributed by atoms with Crippen molar-refractivity contribution < 1.29 is 42.3 Å². The van der Waals surface area contributed by atoms with E-state index in [9.17, 15) is 19.6 Å². The number of amides is 1. The van der Waals surface area contributed by atoms with Gasteiger partial charge in [0.15, 0.2) is 0 Å². The molecule has 1 amide bonds. The Morgan fingerprint density at radius 1 is 0.857 bits per heavy atom. The molecule has 0 aliphatic carbocycles. The average Bonchev–Trinajstić information content (AvgIpc) is 3.61. The number of benzene rings is 3. The topological polar surface area (TPSA) is 176 Å². The third-order valence-corrected chi connectivity index (χ3v) is 12.7. The molecule has 340 valence electrons. The maximum Gasteiger partial charge on any atom is 0.328 e. The standard InChI is InChI=1S/C46H60N5O11P/c1-31(2)51(32(3)4)63(60-25-13-24-47)62-42-39(61-41(43(42)58-27-26-55-7)38-28-50(29-40(52)49(5)6)45(54)48-44(38)53)30-59-46(33-14-11-10-12-15-33,34-16-20-36(56-8)21-17-34)35-18-22-37(57-9)23-19-35/h10-12,14-23,28,31-32,39,41-43H,13,25-27,29-30H2,1-9H3,(H,48,53,54)/t39-,41+,42-,43+,63?/m1/s1. The maximum absolute atomic E-state index is 13.9. The Morgan fingerprint density at radius 3 is 1.97 bits per heavy atom. The number of ether oxygens (including phenoxy) is 6. The Bertz CT molecular complexity index is 2160. The lowest BCUT2D eigenvalue weighted by Gasteiger charge is -2.39. The lowest BCUT2D eigenvalue weighted by molar-refractivity contribution is -0.129. The molecule has 17 heteroatoms. The van der Waals surface area contributed by atoms with Gasteiger partial charge in [-0.25, -0.2) is 9.46 Å². The van der Waals surface area contributed by atoms with Crippen LogP contribution in [0.1, 0.15) is 62.5 Å². The summed E-state index contributed by atoms with van der Waals surface area (Å²) < 4.78 is 54.1. The first-order valence-corrected chi connectivity index (χ1v) is 22.0. The predicted octanol–water partition coefficient (Wildman–Crippen LogP) is 5.78. The van der Waals surface area contributed by atoms with Crippen molar-refractivity contribution >= 4 is 14.4 Å². The number of nitrogens with zero attached hydrogens (tertiary/aromatic N) is 4. The van der Waals surface area contributed by atoms with E-state index in [-0.39, 0.29) is 62.9 Å². The number of hydrogen-bond acceptors (Lipinski definition) is 13. The second-order valence-corrected chi connectivity index (χ2v) is 17.0. The molecule has 1 saturated heterocycles. The van der Waals surface area contributed by atoms with Gasteiger partial charge in [-0.05, 0) is 68.7 Å². The zero-order valence-electron chi connectivity index (χ0n) is 37.5. The van der Waals surface area contributed by atoms with Gasteiger partial charge in [-0.3, -0.25) is 19.1 Å². The van der Waals surface area contributed by atoms with Gasteiger partial charge >= 0.3 is 5.69 Å². The molecule has 1 aromatic heterocycles. The van der Waals surface area contributed by atoms with Crippen LogP contribution in [-0.4, -0.2) is 117 Å². The zero-order valence-corrected chi connectivity index (χ0v) is 38.4. The van der Waals surface area contributed by atoms with Crippen LogP contribution in [0.25, 0.3) is 0 Å². The fraction of sp³-hybridized carbons (Fsp3) is 0.478. The minimum Gasteiger partial charge on any atom is -0.497 e. The molecule has 1 aliphatic heterocycles. The Balaban J connectivity index is 1.72. The van der Waals surface area contributed by atoms with Gasteiger partial charge in [-0.2, -0.15) is 5.26 Å². The summed E-state index contributed by atoms with van der Waals surface area (Å²) in [6.07, 6.45) is -2.59. The fourth-order valence-electron chi connectivity index (χ4n) is 7.50. The number of aromatic amines is 1. The molecule has 1 unspecified atom stereocenters. The molecule has 1 N–H and O–H groups in total. The van der Waals surface area contributed by atoms with E-state index in [1.807, 2.05) is 107 Å². The van der Waals surface area contributed by atoms with Gasteiger partial charge < -0.3 is 42.4 Å². The molecular formula is C46H60N5O11P. The van der Waals surface area contributed by atoms with E-state index in [2.05, 4.69) is 15.7 Å². The van der Waals surface area contributed by atoms with Gasteiger partial charge in [-0.1, -0.05) is 54.6 Å². The molecule has 16 nitrogen and oxygen atoms in total. The highest BCUT2D eigenvalue weighted by Gasteiger charge is 2.52. The third-order valence-electron chi connectivity index (χ3n) is 10.6. The van der Waals surface area contributed by atoms with Crippen LogP contribution < -0.4 is 20.7 Å². The summed E-state index contributed by atoms with van der Waals surface area (Å²) in [7, 11) is 6.02. The SMILES string of the molecule is COCCO[C@@H]1[C@H](OP(OCCC#N)N(C(C)C)C(C)C)[C@@H](COC(c2ccccc2)(c2ccc(OC)cc2)c2ccc(OC)cc2)O[C@H]1c1cn(CC(=O)N(C)C)c(=O)[nH]c1=O. The maximum atomic E-state index is 13.9. The van der Waals surface area contributed by atoms with Crippen LogP contribution in [-0.2, 0) is 44.9 Å². The van der Waals surface area contributed by atoms with Crippen LogP contribution in [0.3, 0.4) is 0 Å². The van der Waals surface area contributed by atoms with Crippen LogP contribution in [0.2, 0.25) is 0 Å². The summed E-state index contributed by atoms with van der Waals surface area (Å²) in [5.41, 5.74) is -0.325. The monoisotopic (exact) mass is 889 g/mol. The summed E-state index contributed by atoms with van der Waals surface area (Å²) in [4.78, 5) is 43.6. The highest BCUT2D eigenvalue weighted by Crippen LogP contribution is 2.52. The molecule has 1 fully saturated rings. The lowest BCUT2D eigenvalue weighted by atomic mass is 9.80. The highest BCUT2D eigenvalue weighted by molar-refractivity contribution is 7.44. The summed E-state index contributed by atoms with van der Waals surface area (Å²) >= 11 is 0. The fourth-order valence-corrected chi connectivity index (χ4v) is 9.27. The van der Waals surface area contributed by atoms with Crippen molar-refractivity contribution in [2.75, 3.05) is 61.9 Å². The smallest absolute Gasteiger partial charge is 0.328 e. The van der Waals surface area contributed by atoms with E-state index >= 15 is 0 Å². The second-order valence-electron chi connectivity index (χ2n) is 15.6. The van der Waals surface area contributed by atoms with Crippen molar-refractivity contribution in [3.8, 4) is 17.6 Å². The summed E-state index contributed by atoms with van der Waals surface area (Å²) in [5.74, 6) is 0.954. The van der Waals surface area contributed by atoms with E-state index in [1.165, 1.54) is 11.1 Å². The van der Waals surface area contributed by atoms with Gasteiger partial charge in [0.1, 0.15) is 48.1 Å². The van der Waals surface area contributed by atoms with E-state index in [1.54, 1.807) is 35.4 Å². The van der Waals surface area contributed by atoms with Gasteiger partial charge in [0.25, 0.3) is 14.1 Å². The van der Waals surface area contributed by atoms with Crippen LogP contribution in [0, 0.1) is 11.3 Å².